The lowest BCUT2D eigenvalue weighted by Gasteiger charge is -2.32. The zero-order valence-corrected chi connectivity index (χ0v) is 10.8. The molecule has 1 unspecified atom stereocenters. The van der Waals surface area contributed by atoms with Crippen LogP contribution in [0.4, 0.5) is 0 Å². The average Bonchev–Trinajstić information content (AvgIpc) is 2.12. The molecular formula is C11H23O2P. The van der Waals surface area contributed by atoms with Crippen LogP contribution in [0.3, 0.4) is 0 Å². The molecule has 0 spiro atoms. The molecule has 0 fully saturated rings. The second-order valence-electron chi connectivity index (χ2n) is 4.47. The lowest BCUT2D eigenvalue weighted by molar-refractivity contribution is 0.331. The van der Waals surface area contributed by atoms with E-state index < -0.39 is 8.38 Å². The van der Waals surface area contributed by atoms with E-state index in [4.69, 9.17) is 0 Å². The fraction of sp³-hybridized carbons (Fsp3) is 0.818. The van der Waals surface area contributed by atoms with Crippen LogP contribution < -0.4 is 0 Å². The standard InChI is InChI=1S/C11H23O2P/c1-6-9(3)8-10(14(12)13)11(4,5)7-2/h8,10,12-13H,6-7H2,1-5H3/b9-8-. The average molecular weight is 218 g/mol. The molecule has 2 N–H and O–H groups in total. The van der Waals surface area contributed by atoms with Crippen LogP contribution in [0.2, 0.25) is 0 Å². The minimum absolute atomic E-state index is 0.0361. The maximum absolute atomic E-state index is 9.40. The van der Waals surface area contributed by atoms with E-state index in [-0.39, 0.29) is 11.1 Å². The summed E-state index contributed by atoms with van der Waals surface area (Å²) in [5, 5.41) is 0. The number of rotatable bonds is 5. The zero-order chi connectivity index (χ0) is 11.4. The molecule has 0 aliphatic rings. The molecule has 0 saturated carbocycles. The number of hydrogen-bond acceptors (Lipinski definition) is 2. The lowest BCUT2D eigenvalue weighted by atomic mass is 9.85. The first-order valence-corrected chi connectivity index (χ1v) is 6.51. The van der Waals surface area contributed by atoms with Crippen LogP contribution in [0.1, 0.15) is 47.5 Å². The summed E-state index contributed by atoms with van der Waals surface area (Å²) in [6.07, 6.45) is 3.94. The highest BCUT2D eigenvalue weighted by Gasteiger charge is 2.31. The van der Waals surface area contributed by atoms with Gasteiger partial charge in [-0.25, -0.2) is 0 Å². The van der Waals surface area contributed by atoms with Crippen LogP contribution in [-0.2, 0) is 0 Å². The fourth-order valence-electron chi connectivity index (χ4n) is 1.20. The molecule has 1 atom stereocenters. The summed E-state index contributed by atoms with van der Waals surface area (Å²) >= 11 is 0. The largest absolute Gasteiger partial charge is 0.350 e. The van der Waals surface area contributed by atoms with Gasteiger partial charge in [-0.3, -0.25) is 0 Å². The van der Waals surface area contributed by atoms with Crippen molar-refractivity contribution in [3.8, 4) is 0 Å². The molecule has 3 heteroatoms. The van der Waals surface area contributed by atoms with Gasteiger partial charge in [-0.1, -0.05) is 39.3 Å². The quantitative estimate of drug-likeness (QED) is 0.548. The predicted molar refractivity (Wildman–Crippen MR) is 63.3 cm³/mol. The summed E-state index contributed by atoms with van der Waals surface area (Å²) in [6.45, 7) is 10.4. The number of allylic oxidation sites excluding steroid dienone is 2. The molecule has 84 valence electrons. The first-order chi connectivity index (χ1) is 6.35. The van der Waals surface area contributed by atoms with Gasteiger partial charge in [0.05, 0.1) is 5.66 Å². The van der Waals surface area contributed by atoms with Crippen molar-refractivity contribution in [3.05, 3.63) is 11.6 Å². The maximum Gasteiger partial charge on any atom is 0.172 e. The van der Waals surface area contributed by atoms with E-state index in [1.807, 2.05) is 13.0 Å². The maximum atomic E-state index is 9.40. The Kier molecular flexibility index (Phi) is 5.88. The third kappa shape index (κ3) is 4.08. The van der Waals surface area contributed by atoms with Crippen molar-refractivity contribution in [1.29, 1.82) is 0 Å². The topological polar surface area (TPSA) is 40.5 Å². The predicted octanol–water partition coefficient (Wildman–Crippen LogP) is 3.44. The van der Waals surface area contributed by atoms with Crippen molar-refractivity contribution in [1.82, 2.24) is 0 Å². The number of hydrogen-bond donors (Lipinski definition) is 2. The smallest absolute Gasteiger partial charge is 0.172 e. The minimum Gasteiger partial charge on any atom is -0.350 e. The molecule has 0 aromatic rings. The molecule has 0 bridgehead atoms. The van der Waals surface area contributed by atoms with Crippen molar-refractivity contribution in [2.75, 3.05) is 0 Å². The van der Waals surface area contributed by atoms with E-state index in [1.54, 1.807) is 0 Å². The molecule has 0 aliphatic carbocycles. The third-order valence-electron chi connectivity index (χ3n) is 2.96. The molecule has 0 aromatic carbocycles. The lowest BCUT2D eigenvalue weighted by Crippen LogP contribution is -2.25. The van der Waals surface area contributed by atoms with Crippen LogP contribution in [0.5, 0.6) is 0 Å². The van der Waals surface area contributed by atoms with Crippen LogP contribution in [0.15, 0.2) is 11.6 Å². The molecule has 0 aliphatic heterocycles. The van der Waals surface area contributed by atoms with E-state index in [9.17, 15) is 9.79 Å². The summed E-state index contributed by atoms with van der Waals surface area (Å²) in [6, 6.07) is 0. The fourth-order valence-corrected chi connectivity index (χ4v) is 2.40. The van der Waals surface area contributed by atoms with Crippen LogP contribution >= 0.6 is 8.38 Å². The SMILES string of the molecule is CC/C(C)=C\C(P(O)O)C(C)(C)CC. The summed E-state index contributed by atoms with van der Waals surface area (Å²) in [5.74, 6) is 0. The normalized spacial score (nSPS) is 16.1. The van der Waals surface area contributed by atoms with Gasteiger partial charge in [0.15, 0.2) is 8.38 Å². The Morgan fingerprint density at radius 2 is 1.86 bits per heavy atom. The van der Waals surface area contributed by atoms with Gasteiger partial charge >= 0.3 is 0 Å². The Labute approximate surface area is 89.0 Å². The zero-order valence-electron chi connectivity index (χ0n) is 9.91. The highest BCUT2D eigenvalue weighted by Crippen LogP contribution is 2.45. The van der Waals surface area contributed by atoms with E-state index >= 15 is 0 Å². The van der Waals surface area contributed by atoms with E-state index in [2.05, 4.69) is 27.7 Å². The Hall–Kier alpha value is 0.0900. The monoisotopic (exact) mass is 218 g/mol. The summed E-state index contributed by atoms with van der Waals surface area (Å²) in [7, 11) is -1.87. The van der Waals surface area contributed by atoms with Crippen molar-refractivity contribution in [2.45, 2.75) is 53.1 Å². The van der Waals surface area contributed by atoms with Gasteiger partial charge in [-0.05, 0) is 25.2 Å². The summed E-state index contributed by atoms with van der Waals surface area (Å²) in [5.41, 5.74) is 1.08. The van der Waals surface area contributed by atoms with Gasteiger partial charge in [0, 0.05) is 0 Å². The Bertz CT molecular complexity index is 197. The molecule has 0 amide bonds. The van der Waals surface area contributed by atoms with Gasteiger partial charge in [-0.15, -0.1) is 0 Å². The molecule has 14 heavy (non-hydrogen) atoms. The second-order valence-corrected chi connectivity index (χ2v) is 5.67. The van der Waals surface area contributed by atoms with E-state index in [1.165, 1.54) is 5.57 Å². The molecule has 0 saturated heterocycles. The Balaban J connectivity index is 4.78. The summed E-state index contributed by atoms with van der Waals surface area (Å²) in [4.78, 5) is 18.8. The van der Waals surface area contributed by atoms with Crippen molar-refractivity contribution in [3.63, 3.8) is 0 Å². The highest BCUT2D eigenvalue weighted by molar-refractivity contribution is 7.46. The third-order valence-corrected chi connectivity index (χ3v) is 4.31. The molecular weight excluding hydrogens is 195 g/mol. The van der Waals surface area contributed by atoms with Gasteiger partial charge in [0.1, 0.15) is 0 Å². The van der Waals surface area contributed by atoms with Gasteiger partial charge in [0.2, 0.25) is 0 Å². The Morgan fingerprint density at radius 1 is 1.36 bits per heavy atom. The summed E-state index contributed by atoms with van der Waals surface area (Å²) < 4.78 is 0. The van der Waals surface area contributed by atoms with Gasteiger partial charge in [0.25, 0.3) is 0 Å². The van der Waals surface area contributed by atoms with Crippen LogP contribution in [0, 0.1) is 5.41 Å². The Morgan fingerprint density at radius 3 is 2.14 bits per heavy atom. The molecule has 0 heterocycles. The van der Waals surface area contributed by atoms with Gasteiger partial charge < -0.3 is 9.79 Å². The van der Waals surface area contributed by atoms with Crippen molar-refractivity contribution in [2.24, 2.45) is 5.41 Å². The molecule has 0 rings (SSSR count). The van der Waals surface area contributed by atoms with Crippen molar-refractivity contribution < 1.29 is 9.79 Å². The first-order valence-electron chi connectivity index (χ1n) is 5.19. The second kappa shape index (κ2) is 5.85. The van der Waals surface area contributed by atoms with E-state index in [0.29, 0.717) is 0 Å². The molecule has 2 nitrogen and oxygen atoms in total. The minimum atomic E-state index is -1.87. The van der Waals surface area contributed by atoms with Crippen LogP contribution in [0.25, 0.3) is 0 Å². The highest BCUT2D eigenvalue weighted by atomic mass is 31.2. The van der Waals surface area contributed by atoms with E-state index in [0.717, 1.165) is 12.8 Å². The van der Waals surface area contributed by atoms with Crippen molar-refractivity contribution >= 4 is 8.38 Å². The molecule has 0 radical (unpaired) electrons. The first kappa shape index (κ1) is 14.1. The van der Waals surface area contributed by atoms with Crippen LogP contribution in [-0.4, -0.2) is 15.4 Å². The molecule has 0 aromatic heterocycles. The van der Waals surface area contributed by atoms with Gasteiger partial charge in [-0.2, -0.15) is 0 Å².